The number of methoxy groups -OCH3 is 1. The summed E-state index contributed by atoms with van der Waals surface area (Å²) in [7, 11) is 1.27. The highest BCUT2D eigenvalue weighted by Crippen LogP contribution is 2.19. The number of carbonyl (C=O) groups excluding carboxylic acids is 2. The highest BCUT2D eigenvalue weighted by Gasteiger charge is 2.23. The third kappa shape index (κ3) is 4.88. The summed E-state index contributed by atoms with van der Waals surface area (Å²) in [5, 5.41) is 12.0. The van der Waals surface area contributed by atoms with Gasteiger partial charge in [0.25, 0.3) is 5.91 Å². The second-order valence-corrected chi connectivity index (χ2v) is 6.47. The third-order valence-corrected chi connectivity index (χ3v) is 4.61. The molecule has 3 rings (SSSR count). The number of amides is 1. The molecule has 5 nitrogen and oxygen atoms in total. The van der Waals surface area contributed by atoms with Gasteiger partial charge in [-0.3, -0.25) is 4.79 Å². The molecule has 0 aromatic heterocycles. The maximum atomic E-state index is 12.7. The van der Waals surface area contributed by atoms with E-state index in [-0.39, 0.29) is 12.3 Å². The molecule has 1 amide bonds. The summed E-state index contributed by atoms with van der Waals surface area (Å²) in [6.45, 7) is 0. The predicted octanol–water partition coefficient (Wildman–Crippen LogP) is 3.74. The van der Waals surface area contributed by atoms with Crippen molar-refractivity contribution in [3.8, 4) is 17.2 Å². The van der Waals surface area contributed by atoms with Crippen LogP contribution in [0, 0.1) is 11.3 Å². The van der Waals surface area contributed by atoms with Gasteiger partial charge < -0.3 is 10.1 Å². The van der Waals surface area contributed by atoms with Gasteiger partial charge in [0, 0.05) is 12.0 Å². The largest absolute Gasteiger partial charge is 0.467 e. The molecule has 0 saturated carbocycles. The smallest absolute Gasteiger partial charge is 0.328 e. The Balaban J connectivity index is 1.76. The van der Waals surface area contributed by atoms with Crippen LogP contribution in [-0.2, 0) is 16.0 Å². The second kappa shape index (κ2) is 9.34. The SMILES string of the molecule is COC(=O)[C@H](Cc1ccccc1C#N)NC(=O)c1ccc(-c2ccccc2)cc1. The van der Waals surface area contributed by atoms with E-state index < -0.39 is 12.0 Å². The van der Waals surface area contributed by atoms with Crippen molar-refractivity contribution in [2.75, 3.05) is 7.11 Å². The standard InChI is InChI=1S/C24H20N2O3/c1-29-24(28)22(15-20-9-5-6-10-21(20)16-25)26-23(27)19-13-11-18(12-14-19)17-7-3-2-4-8-17/h2-14,22H,15H2,1H3,(H,26,27)/t22-/m0/s1. The van der Waals surface area contributed by atoms with E-state index in [1.54, 1.807) is 36.4 Å². The topological polar surface area (TPSA) is 79.2 Å². The fraction of sp³-hybridized carbons (Fsp3) is 0.125. The lowest BCUT2D eigenvalue weighted by Gasteiger charge is -2.17. The van der Waals surface area contributed by atoms with Gasteiger partial charge in [-0.2, -0.15) is 5.26 Å². The molecule has 1 N–H and O–H groups in total. The molecule has 0 unspecified atom stereocenters. The molecular formula is C24H20N2O3. The van der Waals surface area contributed by atoms with Crippen LogP contribution in [0.15, 0.2) is 78.9 Å². The van der Waals surface area contributed by atoms with Gasteiger partial charge in [-0.05, 0) is 34.9 Å². The van der Waals surface area contributed by atoms with Crippen molar-refractivity contribution in [3.05, 3.63) is 95.6 Å². The minimum Gasteiger partial charge on any atom is -0.467 e. The van der Waals surface area contributed by atoms with E-state index >= 15 is 0 Å². The van der Waals surface area contributed by atoms with Crippen molar-refractivity contribution in [1.82, 2.24) is 5.32 Å². The number of nitriles is 1. The zero-order valence-electron chi connectivity index (χ0n) is 16.0. The Bertz CT molecular complexity index is 1040. The van der Waals surface area contributed by atoms with Crippen molar-refractivity contribution >= 4 is 11.9 Å². The van der Waals surface area contributed by atoms with E-state index in [2.05, 4.69) is 11.4 Å². The van der Waals surface area contributed by atoms with Crippen LogP contribution >= 0.6 is 0 Å². The summed E-state index contributed by atoms with van der Waals surface area (Å²) in [5.41, 5.74) is 3.62. The zero-order chi connectivity index (χ0) is 20.6. The summed E-state index contributed by atoms with van der Waals surface area (Å²) in [4.78, 5) is 24.9. The van der Waals surface area contributed by atoms with Gasteiger partial charge in [-0.15, -0.1) is 0 Å². The van der Waals surface area contributed by atoms with Crippen LogP contribution in [0.2, 0.25) is 0 Å². The number of esters is 1. The second-order valence-electron chi connectivity index (χ2n) is 6.47. The fourth-order valence-corrected chi connectivity index (χ4v) is 3.05. The Kier molecular flexibility index (Phi) is 6.39. The number of nitrogens with one attached hydrogen (secondary N) is 1. The summed E-state index contributed by atoms with van der Waals surface area (Å²) >= 11 is 0. The molecule has 0 radical (unpaired) electrons. The summed E-state index contributed by atoms with van der Waals surface area (Å²) in [5.74, 6) is -0.943. The Hall–Kier alpha value is -3.91. The molecule has 0 aliphatic rings. The first-order valence-electron chi connectivity index (χ1n) is 9.14. The van der Waals surface area contributed by atoms with Gasteiger partial charge in [-0.25, -0.2) is 4.79 Å². The van der Waals surface area contributed by atoms with Crippen LogP contribution in [0.5, 0.6) is 0 Å². The maximum Gasteiger partial charge on any atom is 0.328 e. The van der Waals surface area contributed by atoms with Gasteiger partial charge in [0.1, 0.15) is 6.04 Å². The summed E-state index contributed by atoms with van der Waals surface area (Å²) < 4.78 is 4.84. The van der Waals surface area contributed by atoms with Crippen LogP contribution < -0.4 is 5.32 Å². The lowest BCUT2D eigenvalue weighted by atomic mass is 10.00. The molecule has 0 aliphatic heterocycles. The van der Waals surface area contributed by atoms with Crippen LogP contribution in [0.25, 0.3) is 11.1 Å². The van der Waals surface area contributed by atoms with Gasteiger partial charge in [0.15, 0.2) is 0 Å². The maximum absolute atomic E-state index is 12.7. The first-order chi connectivity index (χ1) is 14.1. The molecule has 144 valence electrons. The molecule has 0 spiro atoms. The highest BCUT2D eigenvalue weighted by atomic mass is 16.5. The van der Waals surface area contributed by atoms with Gasteiger partial charge in [0.05, 0.1) is 18.7 Å². The fourth-order valence-electron chi connectivity index (χ4n) is 3.05. The molecule has 0 heterocycles. The Morgan fingerprint density at radius 1 is 0.931 bits per heavy atom. The van der Waals surface area contributed by atoms with Crippen molar-refractivity contribution in [3.63, 3.8) is 0 Å². The van der Waals surface area contributed by atoms with E-state index in [1.807, 2.05) is 42.5 Å². The molecule has 1 atom stereocenters. The van der Waals surface area contributed by atoms with Gasteiger partial charge in [0.2, 0.25) is 0 Å². The average molecular weight is 384 g/mol. The molecule has 29 heavy (non-hydrogen) atoms. The first-order valence-corrected chi connectivity index (χ1v) is 9.14. The molecule has 3 aromatic rings. The van der Waals surface area contributed by atoms with Crippen LogP contribution in [0.1, 0.15) is 21.5 Å². The van der Waals surface area contributed by atoms with Crippen LogP contribution in [0.4, 0.5) is 0 Å². The lowest BCUT2D eigenvalue weighted by Crippen LogP contribution is -2.43. The van der Waals surface area contributed by atoms with Crippen molar-refractivity contribution in [2.45, 2.75) is 12.5 Å². The van der Waals surface area contributed by atoms with E-state index in [9.17, 15) is 14.9 Å². The Morgan fingerprint density at radius 2 is 1.55 bits per heavy atom. The minimum atomic E-state index is -0.893. The van der Waals surface area contributed by atoms with Crippen molar-refractivity contribution < 1.29 is 14.3 Å². The van der Waals surface area contributed by atoms with Crippen LogP contribution in [-0.4, -0.2) is 25.0 Å². The van der Waals surface area contributed by atoms with E-state index in [0.717, 1.165) is 11.1 Å². The molecule has 3 aromatic carbocycles. The molecule has 0 fully saturated rings. The minimum absolute atomic E-state index is 0.171. The third-order valence-electron chi connectivity index (χ3n) is 4.61. The average Bonchev–Trinajstić information content (AvgIpc) is 2.79. The quantitative estimate of drug-likeness (QED) is 0.657. The number of ether oxygens (including phenoxy) is 1. The normalized spacial score (nSPS) is 11.2. The molecular weight excluding hydrogens is 364 g/mol. The zero-order valence-corrected chi connectivity index (χ0v) is 16.0. The first kappa shape index (κ1) is 19.8. The number of rotatable bonds is 6. The summed E-state index contributed by atoms with van der Waals surface area (Å²) in [6, 6.07) is 25.2. The number of nitrogens with zero attached hydrogens (tertiary/aromatic N) is 1. The number of hydrogen-bond donors (Lipinski definition) is 1. The molecule has 0 aliphatic carbocycles. The highest BCUT2D eigenvalue weighted by molar-refractivity contribution is 5.97. The van der Waals surface area contributed by atoms with Crippen molar-refractivity contribution in [2.24, 2.45) is 0 Å². The number of carbonyl (C=O) groups is 2. The van der Waals surface area contributed by atoms with E-state index in [1.165, 1.54) is 7.11 Å². The van der Waals surface area contributed by atoms with Gasteiger partial charge in [-0.1, -0.05) is 60.7 Å². The molecule has 0 bridgehead atoms. The Morgan fingerprint density at radius 3 is 2.21 bits per heavy atom. The number of benzene rings is 3. The Labute approximate surface area is 169 Å². The summed E-state index contributed by atoms with van der Waals surface area (Å²) in [6.07, 6.45) is 0.171. The monoisotopic (exact) mass is 384 g/mol. The predicted molar refractivity (Wildman–Crippen MR) is 110 cm³/mol. The van der Waals surface area contributed by atoms with Gasteiger partial charge >= 0.3 is 5.97 Å². The lowest BCUT2D eigenvalue weighted by molar-refractivity contribution is -0.142. The molecule has 5 heteroatoms. The molecule has 0 saturated heterocycles. The van der Waals surface area contributed by atoms with E-state index in [4.69, 9.17) is 4.74 Å². The van der Waals surface area contributed by atoms with E-state index in [0.29, 0.717) is 16.7 Å². The van der Waals surface area contributed by atoms with Crippen LogP contribution in [0.3, 0.4) is 0 Å². The number of hydrogen-bond acceptors (Lipinski definition) is 4. The van der Waals surface area contributed by atoms with Crippen molar-refractivity contribution in [1.29, 1.82) is 5.26 Å².